The van der Waals surface area contributed by atoms with Gasteiger partial charge in [-0.25, -0.2) is 9.37 Å². The molecule has 0 saturated heterocycles. The Morgan fingerprint density at radius 3 is 2.28 bits per heavy atom. The minimum absolute atomic E-state index is 0.242. The molecule has 0 radical (unpaired) electrons. The lowest BCUT2D eigenvalue weighted by atomic mass is 10.0. The zero-order valence-electron chi connectivity index (χ0n) is 19.0. The summed E-state index contributed by atoms with van der Waals surface area (Å²) in [5.41, 5.74) is 8.00. The van der Waals surface area contributed by atoms with Crippen LogP contribution in [0.2, 0.25) is 0 Å². The van der Waals surface area contributed by atoms with E-state index in [4.69, 9.17) is 9.40 Å². The lowest BCUT2D eigenvalue weighted by Crippen LogP contribution is -1.88. The Morgan fingerprint density at radius 2 is 1.42 bits per heavy atom. The van der Waals surface area contributed by atoms with Gasteiger partial charge in [0.1, 0.15) is 11.4 Å². The highest BCUT2D eigenvalue weighted by Crippen LogP contribution is 2.35. The average Bonchev–Trinajstić information content (AvgIpc) is 3.32. The molecule has 0 atom stereocenters. The molecule has 0 aliphatic heterocycles. The van der Waals surface area contributed by atoms with Crippen LogP contribution in [-0.2, 0) is 0 Å². The largest absolute Gasteiger partial charge is 0.437 e. The molecular weight excluding hydrogens is 449 g/mol. The Balaban J connectivity index is 1.23. The lowest BCUT2D eigenvalue weighted by Gasteiger charge is -2.07. The standard InChI is InChI=1S/C31H18FN3O/c32-24-11-8-19(9-12-24)20-6-7-21-15-23(18-35-29(21)16-20)22-10-13-28(34-17-22)27-4-1-3-25-26-5-2-14-33-31(26)36-30(25)27/h1-18H. The molecule has 0 N–H and O–H groups in total. The second-order valence-electron chi connectivity index (χ2n) is 8.71. The molecule has 4 heterocycles. The van der Waals surface area contributed by atoms with Crippen molar-refractivity contribution in [3.05, 3.63) is 115 Å². The van der Waals surface area contributed by atoms with Gasteiger partial charge in [0.25, 0.3) is 0 Å². The number of hydrogen-bond donors (Lipinski definition) is 0. The fraction of sp³-hybridized carbons (Fsp3) is 0. The summed E-state index contributed by atoms with van der Waals surface area (Å²) in [7, 11) is 0. The summed E-state index contributed by atoms with van der Waals surface area (Å²) in [6.07, 6.45) is 5.46. The maximum Gasteiger partial charge on any atom is 0.227 e. The zero-order valence-corrected chi connectivity index (χ0v) is 19.0. The van der Waals surface area contributed by atoms with E-state index in [1.54, 1.807) is 18.3 Å². The third kappa shape index (κ3) is 3.41. The van der Waals surface area contributed by atoms with Crippen molar-refractivity contribution in [2.24, 2.45) is 0 Å². The van der Waals surface area contributed by atoms with E-state index >= 15 is 0 Å². The third-order valence-corrected chi connectivity index (χ3v) is 6.51. The number of halogens is 1. The number of para-hydroxylation sites is 1. The van der Waals surface area contributed by atoms with Gasteiger partial charge < -0.3 is 4.42 Å². The van der Waals surface area contributed by atoms with Gasteiger partial charge in [-0.3, -0.25) is 9.97 Å². The van der Waals surface area contributed by atoms with Crippen LogP contribution in [0, 0.1) is 5.82 Å². The average molecular weight is 468 g/mol. The van der Waals surface area contributed by atoms with Crippen LogP contribution in [-0.4, -0.2) is 15.0 Å². The van der Waals surface area contributed by atoms with Crippen LogP contribution in [0.15, 0.2) is 114 Å². The summed E-state index contributed by atoms with van der Waals surface area (Å²) in [6, 6.07) is 28.8. The van der Waals surface area contributed by atoms with Crippen molar-refractivity contribution in [3.63, 3.8) is 0 Å². The van der Waals surface area contributed by atoms with Crippen molar-refractivity contribution in [1.29, 1.82) is 0 Å². The van der Waals surface area contributed by atoms with E-state index in [1.165, 1.54) is 12.1 Å². The molecule has 36 heavy (non-hydrogen) atoms. The first kappa shape index (κ1) is 20.5. The van der Waals surface area contributed by atoms with E-state index in [0.29, 0.717) is 5.71 Å². The number of fused-ring (bicyclic) bond motifs is 4. The molecule has 0 amide bonds. The Labute approximate surface area is 205 Å². The Kier molecular flexibility index (Phi) is 4.61. The second kappa shape index (κ2) is 8.10. The number of nitrogens with zero attached hydrogens (tertiary/aromatic N) is 3. The molecule has 4 aromatic heterocycles. The fourth-order valence-corrected chi connectivity index (χ4v) is 4.66. The van der Waals surface area contributed by atoms with E-state index in [9.17, 15) is 4.39 Å². The van der Waals surface area contributed by atoms with Crippen molar-refractivity contribution in [1.82, 2.24) is 15.0 Å². The minimum atomic E-state index is -0.242. The van der Waals surface area contributed by atoms with Gasteiger partial charge >= 0.3 is 0 Å². The van der Waals surface area contributed by atoms with E-state index in [0.717, 1.165) is 60.8 Å². The van der Waals surface area contributed by atoms with Crippen LogP contribution in [0.4, 0.5) is 4.39 Å². The summed E-state index contributed by atoms with van der Waals surface area (Å²) in [5.74, 6) is -0.242. The van der Waals surface area contributed by atoms with Crippen molar-refractivity contribution in [3.8, 4) is 33.5 Å². The van der Waals surface area contributed by atoms with Gasteiger partial charge in [0, 0.05) is 51.4 Å². The first-order valence-corrected chi connectivity index (χ1v) is 11.6. The van der Waals surface area contributed by atoms with E-state index in [2.05, 4.69) is 22.1 Å². The molecule has 0 spiro atoms. The normalized spacial score (nSPS) is 11.5. The minimum Gasteiger partial charge on any atom is -0.437 e. The monoisotopic (exact) mass is 467 g/mol. The molecular formula is C31H18FN3O. The van der Waals surface area contributed by atoms with Crippen molar-refractivity contribution >= 4 is 33.0 Å². The maximum atomic E-state index is 13.3. The molecule has 0 unspecified atom stereocenters. The Hall–Kier alpha value is -4.90. The summed E-state index contributed by atoms with van der Waals surface area (Å²) in [5, 5.41) is 3.05. The van der Waals surface area contributed by atoms with E-state index in [-0.39, 0.29) is 5.82 Å². The van der Waals surface area contributed by atoms with E-state index in [1.807, 2.05) is 67.0 Å². The number of aromatic nitrogens is 3. The molecule has 5 heteroatoms. The Bertz CT molecular complexity index is 1890. The molecule has 0 aliphatic carbocycles. The van der Waals surface area contributed by atoms with Gasteiger partial charge in [0.15, 0.2) is 0 Å². The van der Waals surface area contributed by atoms with Gasteiger partial charge in [-0.15, -0.1) is 0 Å². The molecule has 7 aromatic rings. The van der Waals surface area contributed by atoms with Crippen LogP contribution < -0.4 is 0 Å². The number of rotatable bonds is 3. The molecule has 0 saturated carbocycles. The molecule has 0 fully saturated rings. The highest BCUT2D eigenvalue weighted by atomic mass is 19.1. The van der Waals surface area contributed by atoms with Crippen LogP contribution >= 0.6 is 0 Å². The first-order valence-electron chi connectivity index (χ1n) is 11.6. The van der Waals surface area contributed by atoms with Crippen molar-refractivity contribution in [2.75, 3.05) is 0 Å². The van der Waals surface area contributed by atoms with Crippen molar-refractivity contribution < 1.29 is 8.81 Å². The topological polar surface area (TPSA) is 51.8 Å². The van der Waals surface area contributed by atoms with Crippen LogP contribution in [0.5, 0.6) is 0 Å². The number of furan rings is 1. The SMILES string of the molecule is Fc1ccc(-c2ccc3cc(-c4ccc(-c5cccc6c5oc5ncccc56)nc4)cnc3c2)cc1. The predicted molar refractivity (Wildman–Crippen MR) is 141 cm³/mol. The van der Waals surface area contributed by atoms with Gasteiger partial charge in [0.05, 0.1) is 11.2 Å². The number of pyridine rings is 3. The third-order valence-electron chi connectivity index (χ3n) is 6.51. The highest BCUT2D eigenvalue weighted by Gasteiger charge is 2.13. The Morgan fingerprint density at radius 1 is 0.611 bits per heavy atom. The molecule has 0 aliphatic rings. The smallest absolute Gasteiger partial charge is 0.227 e. The predicted octanol–water partition coefficient (Wildman–Crippen LogP) is 8.06. The fourth-order valence-electron chi connectivity index (χ4n) is 4.66. The number of benzene rings is 3. The van der Waals surface area contributed by atoms with Crippen LogP contribution in [0.1, 0.15) is 0 Å². The van der Waals surface area contributed by atoms with Gasteiger partial charge in [-0.05, 0) is 59.7 Å². The maximum absolute atomic E-state index is 13.3. The quantitative estimate of drug-likeness (QED) is 0.264. The summed E-state index contributed by atoms with van der Waals surface area (Å²) in [6.45, 7) is 0. The summed E-state index contributed by atoms with van der Waals surface area (Å²) >= 11 is 0. The van der Waals surface area contributed by atoms with Crippen molar-refractivity contribution in [2.45, 2.75) is 0 Å². The zero-order chi connectivity index (χ0) is 24.1. The lowest BCUT2D eigenvalue weighted by molar-refractivity contribution is 0.628. The molecule has 0 bridgehead atoms. The van der Waals surface area contributed by atoms with Gasteiger partial charge in [-0.1, -0.05) is 42.5 Å². The molecule has 170 valence electrons. The van der Waals surface area contributed by atoms with Crippen LogP contribution in [0.25, 0.3) is 66.5 Å². The highest BCUT2D eigenvalue weighted by molar-refractivity contribution is 6.08. The van der Waals surface area contributed by atoms with Crippen LogP contribution in [0.3, 0.4) is 0 Å². The first-order chi connectivity index (χ1) is 17.7. The molecule has 3 aromatic carbocycles. The van der Waals surface area contributed by atoms with Gasteiger partial charge in [0.2, 0.25) is 5.71 Å². The summed E-state index contributed by atoms with van der Waals surface area (Å²) < 4.78 is 19.3. The molecule has 4 nitrogen and oxygen atoms in total. The second-order valence-corrected chi connectivity index (χ2v) is 8.71. The summed E-state index contributed by atoms with van der Waals surface area (Å²) in [4.78, 5) is 13.8. The molecule has 7 rings (SSSR count). The van der Waals surface area contributed by atoms with Gasteiger partial charge in [-0.2, -0.15) is 0 Å². The van der Waals surface area contributed by atoms with E-state index < -0.39 is 0 Å². The number of hydrogen-bond acceptors (Lipinski definition) is 4.